The molecule has 0 aliphatic carbocycles. The number of nitrogens with one attached hydrogen (secondary N) is 1. The third-order valence-corrected chi connectivity index (χ3v) is 5.43. The SMILES string of the molecule is COC(=O)CNS(=O)(=O)c1cc(C(=O)O)sc1Br. The first-order valence-corrected chi connectivity index (χ1v) is 7.46. The van der Waals surface area contributed by atoms with E-state index in [-0.39, 0.29) is 13.6 Å². The van der Waals surface area contributed by atoms with Gasteiger partial charge in [-0.05, 0) is 22.0 Å². The minimum absolute atomic E-state index is 0.125. The minimum Gasteiger partial charge on any atom is -0.477 e. The van der Waals surface area contributed by atoms with Crippen molar-refractivity contribution in [1.29, 1.82) is 0 Å². The second-order valence-electron chi connectivity index (χ2n) is 2.95. The Labute approximate surface area is 115 Å². The van der Waals surface area contributed by atoms with Gasteiger partial charge in [-0.2, -0.15) is 4.72 Å². The zero-order chi connectivity index (χ0) is 13.9. The summed E-state index contributed by atoms with van der Waals surface area (Å²) >= 11 is 3.74. The van der Waals surface area contributed by atoms with Crippen molar-refractivity contribution in [2.75, 3.05) is 13.7 Å². The van der Waals surface area contributed by atoms with E-state index in [1.807, 2.05) is 4.72 Å². The van der Waals surface area contributed by atoms with E-state index < -0.39 is 28.5 Å². The number of sulfonamides is 1. The molecule has 0 aliphatic heterocycles. The summed E-state index contributed by atoms with van der Waals surface area (Å²) in [7, 11) is -2.83. The highest BCUT2D eigenvalue weighted by atomic mass is 79.9. The number of esters is 1. The van der Waals surface area contributed by atoms with Gasteiger partial charge in [-0.1, -0.05) is 0 Å². The molecule has 0 amide bonds. The van der Waals surface area contributed by atoms with Crippen LogP contribution in [0.3, 0.4) is 0 Å². The third-order valence-electron chi connectivity index (χ3n) is 1.79. The summed E-state index contributed by atoms with van der Waals surface area (Å²) in [4.78, 5) is 21.2. The Morgan fingerprint density at radius 1 is 1.56 bits per heavy atom. The number of carbonyl (C=O) groups is 2. The molecule has 0 unspecified atom stereocenters. The molecule has 0 aliphatic rings. The molecule has 100 valence electrons. The smallest absolute Gasteiger partial charge is 0.345 e. The zero-order valence-corrected chi connectivity index (χ0v) is 12.2. The lowest BCUT2D eigenvalue weighted by atomic mass is 10.5. The summed E-state index contributed by atoms with van der Waals surface area (Å²) in [5.41, 5.74) is 0. The fourth-order valence-electron chi connectivity index (χ4n) is 0.945. The Bertz CT molecular complexity index is 578. The summed E-state index contributed by atoms with van der Waals surface area (Å²) in [5.74, 6) is -1.97. The summed E-state index contributed by atoms with van der Waals surface area (Å²) in [5, 5.41) is 8.74. The van der Waals surface area contributed by atoms with Gasteiger partial charge >= 0.3 is 11.9 Å². The van der Waals surface area contributed by atoms with Crippen LogP contribution in [0.1, 0.15) is 9.67 Å². The lowest BCUT2D eigenvalue weighted by Gasteiger charge is -2.03. The standard InChI is InChI=1S/C8H8BrNO6S2/c1-16-6(11)3-10-18(14,15)5-2-4(8(12)13)17-7(5)9/h2,10H,3H2,1H3,(H,12,13). The molecule has 18 heavy (non-hydrogen) atoms. The van der Waals surface area contributed by atoms with Crippen LogP contribution < -0.4 is 4.72 Å². The van der Waals surface area contributed by atoms with Crippen molar-refractivity contribution in [3.63, 3.8) is 0 Å². The van der Waals surface area contributed by atoms with E-state index in [0.29, 0.717) is 0 Å². The molecule has 0 saturated carbocycles. The highest BCUT2D eigenvalue weighted by Gasteiger charge is 2.23. The predicted octanol–water partition coefficient (Wildman–Crippen LogP) is 0.660. The molecule has 1 aromatic rings. The Balaban J connectivity index is 2.98. The van der Waals surface area contributed by atoms with E-state index in [1.165, 1.54) is 0 Å². The molecule has 0 saturated heterocycles. The van der Waals surface area contributed by atoms with Crippen LogP contribution >= 0.6 is 27.3 Å². The van der Waals surface area contributed by atoms with E-state index in [2.05, 4.69) is 20.7 Å². The molecule has 2 N–H and O–H groups in total. The van der Waals surface area contributed by atoms with Crippen molar-refractivity contribution in [3.8, 4) is 0 Å². The normalized spacial score (nSPS) is 11.2. The van der Waals surface area contributed by atoms with Crippen LogP contribution in [0.15, 0.2) is 14.7 Å². The first-order valence-electron chi connectivity index (χ1n) is 4.37. The van der Waals surface area contributed by atoms with Crippen LogP contribution in [-0.2, 0) is 19.6 Å². The number of hydrogen-bond donors (Lipinski definition) is 2. The average Bonchev–Trinajstić information content (AvgIpc) is 2.69. The van der Waals surface area contributed by atoms with Gasteiger partial charge in [0.05, 0.1) is 10.9 Å². The second-order valence-corrected chi connectivity index (χ2v) is 7.06. The largest absolute Gasteiger partial charge is 0.477 e. The van der Waals surface area contributed by atoms with Crippen molar-refractivity contribution in [1.82, 2.24) is 4.72 Å². The molecular formula is C8H8BrNO6S2. The second kappa shape index (κ2) is 5.78. The van der Waals surface area contributed by atoms with E-state index in [9.17, 15) is 18.0 Å². The Kier molecular flexibility index (Phi) is 4.85. The van der Waals surface area contributed by atoms with E-state index in [1.54, 1.807) is 0 Å². The molecule has 1 heterocycles. The Morgan fingerprint density at radius 3 is 2.61 bits per heavy atom. The molecule has 0 bridgehead atoms. The molecule has 0 radical (unpaired) electrons. The van der Waals surface area contributed by atoms with Gasteiger partial charge in [0.25, 0.3) is 0 Å². The van der Waals surface area contributed by atoms with Gasteiger partial charge in [0, 0.05) is 0 Å². The van der Waals surface area contributed by atoms with Crippen LogP contribution in [0.25, 0.3) is 0 Å². The number of ether oxygens (including phenoxy) is 1. The van der Waals surface area contributed by atoms with Crippen LogP contribution in [0.2, 0.25) is 0 Å². The van der Waals surface area contributed by atoms with Crippen LogP contribution in [0, 0.1) is 0 Å². The van der Waals surface area contributed by atoms with Crippen molar-refractivity contribution < 1.29 is 27.9 Å². The number of methoxy groups -OCH3 is 1. The molecule has 10 heteroatoms. The summed E-state index contributed by atoms with van der Waals surface area (Å²) in [6.45, 7) is -0.524. The Hall–Kier alpha value is -0.970. The lowest BCUT2D eigenvalue weighted by Crippen LogP contribution is -2.30. The van der Waals surface area contributed by atoms with Gasteiger partial charge in [0.1, 0.15) is 16.3 Å². The number of carboxylic acid groups (broad SMARTS) is 1. The maximum atomic E-state index is 11.8. The highest BCUT2D eigenvalue weighted by Crippen LogP contribution is 2.31. The molecule has 0 atom stereocenters. The monoisotopic (exact) mass is 357 g/mol. The quantitative estimate of drug-likeness (QED) is 0.749. The van der Waals surface area contributed by atoms with Crippen LogP contribution in [0.4, 0.5) is 0 Å². The van der Waals surface area contributed by atoms with E-state index in [4.69, 9.17) is 5.11 Å². The molecular weight excluding hydrogens is 350 g/mol. The molecule has 1 rings (SSSR count). The average molecular weight is 358 g/mol. The number of aromatic carboxylic acids is 1. The third kappa shape index (κ3) is 3.51. The van der Waals surface area contributed by atoms with Gasteiger partial charge in [-0.3, -0.25) is 4.79 Å². The summed E-state index contributed by atoms with van der Waals surface area (Å²) in [6, 6.07) is 1.01. The maximum absolute atomic E-state index is 11.8. The van der Waals surface area contributed by atoms with Crippen molar-refractivity contribution in [2.45, 2.75) is 4.90 Å². The fourth-order valence-corrected chi connectivity index (χ4v) is 4.31. The number of thiophene rings is 1. The predicted molar refractivity (Wildman–Crippen MR) is 66.2 cm³/mol. The van der Waals surface area contributed by atoms with Gasteiger partial charge < -0.3 is 9.84 Å². The molecule has 1 aromatic heterocycles. The number of carboxylic acids is 1. The van der Waals surface area contributed by atoms with Crippen molar-refractivity contribution in [2.24, 2.45) is 0 Å². The maximum Gasteiger partial charge on any atom is 0.345 e. The summed E-state index contributed by atoms with van der Waals surface area (Å²) < 4.78 is 30.0. The van der Waals surface area contributed by atoms with Gasteiger partial charge in [0.15, 0.2) is 0 Å². The van der Waals surface area contributed by atoms with Crippen molar-refractivity contribution >= 4 is 49.2 Å². The number of hydrogen-bond acceptors (Lipinski definition) is 6. The lowest BCUT2D eigenvalue weighted by molar-refractivity contribution is -0.139. The first-order chi connectivity index (χ1) is 8.27. The topological polar surface area (TPSA) is 110 Å². The molecule has 7 nitrogen and oxygen atoms in total. The summed E-state index contributed by atoms with van der Waals surface area (Å²) in [6.07, 6.45) is 0. The Morgan fingerprint density at radius 2 is 2.17 bits per heavy atom. The number of rotatable bonds is 5. The van der Waals surface area contributed by atoms with Gasteiger partial charge in [-0.15, -0.1) is 11.3 Å². The minimum atomic E-state index is -3.96. The number of halogens is 1. The van der Waals surface area contributed by atoms with Gasteiger partial charge in [0.2, 0.25) is 10.0 Å². The first kappa shape index (κ1) is 15.1. The van der Waals surface area contributed by atoms with E-state index in [0.717, 1.165) is 24.5 Å². The zero-order valence-electron chi connectivity index (χ0n) is 8.97. The van der Waals surface area contributed by atoms with Crippen LogP contribution in [-0.4, -0.2) is 39.1 Å². The number of carbonyl (C=O) groups excluding carboxylic acids is 1. The van der Waals surface area contributed by atoms with E-state index >= 15 is 0 Å². The molecule has 0 spiro atoms. The fraction of sp³-hybridized carbons (Fsp3) is 0.250. The van der Waals surface area contributed by atoms with Crippen molar-refractivity contribution in [3.05, 3.63) is 14.7 Å². The molecule has 0 aromatic carbocycles. The highest BCUT2D eigenvalue weighted by molar-refractivity contribution is 9.11. The van der Waals surface area contributed by atoms with Gasteiger partial charge in [-0.25, -0.2) is 13.2 Å². The molecule has 0 fully saturated rings. The van der Waals surface area contributed by atoms with Crippen LogP contribution in [0.5, 0.6) is 0 Å².